The molecule has 0 aliphatic heterocycles. The molecule has 0 amide bonds. The summed E-state index contributed by atoms with van der Waals surface area (Å²) in [6.07, 6.45) is 11.3. The minimum absolute atomic E-state index is 0.00896. The van der Waals surface area contributed by atoms with Gasteiger partial charge < -0.3 is 9.84 Å². The third-order valence-corrected chi connectivity index (χ3v) is 6.95. The molecule has 2 aromatic carbocycles. The van der Waals surface area contributed by atoms with Crippen LogP contribution in [0.3, 0.4) is 0 Å². The Morgan fingerprint density at radius 2 is 1.58 bits per heavy atom. The van der Waals surface area contributed by atoms with E-state index in [2.05, 4.69) is 20.8 Å². The summed E-state index contributed by atoms with van der Waals surface area (Å²) in [6, 6.07) is 10.7. The number of ketones is 2. The molecule has 0 bridgehead atoms. The maximum absolute atomic E-state index is 13.4. The van der Waals surface area contributed by atoms with Gasteiger partial charge in [0.2, 0.25) is 0 Å². The van der Waals surface area contributed by atoms with Crippen molar-refractivity contribution in [1.29, 1.82) is 0 Å². The molecule has 2 aromatic rings. The van der Waals surface area contributed by atoms with Crippen LogP contribution in [0.1, 0.15) is 62.3 Å². The van der Waals surface area contributed by atoms with Crippen molar-refractivity contribution in [2.24, 2.45) is 5.41 Å². The molecular weight excluding hydrogens is 448 g/mol. The predicted molar refractivity (Wildman–Crippen MR) is 147 cm³/mol. The second-order valence-corrected chi connectivity index (χ2v) is 10.2. The predicted octanol–water partition coefficient (Wildman–Crippen LogP) is 7.34. The number of carbonyl (C=O) groups is 2. The van der Waals surface area contributed by atoms with E-state index in [-0.39, 0.29) is 34.1 Å². The highest BCUT2D eigenvalue weighted by molar-refractivity contribution is 6.30. The van der Waals surface area contributed by atoms with Crippen molar-refractivity contribution >= 4 is 23.7 Å². The molecule has 3 rings (SSSR count). The van der Waals surface area contributed by atoms with Gasteiger partial charge in [-0.25, -0.2) is 0 Å². The molecule has 0 fully saturated rings. The Hall–Kier alpha value is -3.66. The molecule has 36 heavy (non-hydrogen) atoms. The molecule has 4 heteroatoms. The first-order valence-corrected chi connectivity index (χ1v) is 12.3. The van der Waals surface area contributed by atoms with E-state index in [1.807, 2.05) is 38.1 Å². The number of methoxy groups -OCH3 is 1. The van der Waals surface area contributed by atoms with E-state index >= 15 is 0 Å². The Kier molecular flexibility index (Phi) is 8.52. The zero-order valence-corrected chi connectivity index (χ0v) is 22.1. The topological polar surface area (TPSA) is 63.6 Å². The van der Waals surface area contributed by atoms with Crippen molar-refractivity contribution in [1.82, 2.24) is 0 Å². The summed E-state index contributed by atoms with van der Waals surface area (Å²) in [6.45, 7) is 10.6. The zero-order valence-electron chi connectivity index (χ0n) is 22.1. The van der Waals surface area contributed by atoms with Gasteiger partial charge in [-0.2, -0.15) is 0 Å². The van der Waals surface area contributed by atoms with Gasteiger partial charge in [-0.1, -0.05) is 55.8 Å². The molecule has 0 unspecified atom stereocenters. The molecular formula is C32H36O4. The van der Waals surface area contributed by atoms with Gasteiger partial charge in [0, 0.05) is 0 Å². The lowest BCUT2D eigenvalue weighted by Gasteiger charge is -2.32. The fourth-order valence-corrected chi connectivity index (χ4v) is 4.60. The summed E-state index contributed by atoms with van der Waals surface area (Å²) in [5.41, 5.74) is 6.26. The third kappa shape index (κ3) is 6.51. The Labute approximate surface area is 214 Å². The fourth-order valence-electron chi connectivity index (χ4n) is 4.60. The number of hydrogen-bond acceptors (Lipinski definition) is 4. The highest BCUT2D eigenvalue weighted by Crippen LogP contribution is 2.40. The molecule has 0 saturated carbocycles. The highest BCUT2D eigenvalue weighted by atomic mass is 16.5. The Balaban J connectivity index is 1.99. The van der Waals surface area contributed by atoms with E-state index in [0.29, 0.717) is 5.56 Å². The summed E-state index contributed by atoms with van der Waals surface area (Å²) < 4.78 is 5.19. The Bertz CT molecular complexity index is 1290. The molecule has 1 N–H and O–H groups in total. The van der Waals surface area contributed by atoms with Gasteiger partial charge in [-0.3, -0.25) is 9.59 Å². The van der Waals surface area contributed by atoms with Crippen molar-refractivity contribution in [3.63, 3.8) is 0 Å². The first-order valence-electron chi connectivity index (χ1n) is 12.3. The van der Waals surface area contributed by atoms with Crippen molar-refractivity contribution < 1.29 is 19.4 Å². The number of hydrogen-bond donors (Lipinski definition) is 1. The molecule has 0 aromatic heterocycles. The maximum atomic E-state index is 13.4. The van der Waals surface area contributed by atoms with Crippen molar-refractivity contribution in [3.05, 3.63) is 93.6 Å². The lowest BCUT2D eigenvalue weighted by Crippen LogP contribution is -2.19. The monoisotopic (exact) mass is 484 g/mol. The third-order valence-electron chi connectivity index (χ3n) is 6.95. The summed E-state index contributed by atoms with van der Waals surface area (Å²) in [5, 5.41) is 9.93. The van der Waals surface area contributed by atoms with Gasteiger partial charge in [0.1, 0.15) is 0 Å². The Morgan fingerprint density at radius 3 is 2.22 bits per heavy atom. The average Bonchev–Trinajstić information content (AvgIpc) is 2.83. The first-order chi connectivity index (χ1) is 17.0. The standard InChI is InChI=1S/C32H36O4/c1-21-9-10-24(18-23(21)3)11-14-28(33)26(19-25-12-15-30(35)31(20-25)36-6)29(34)16-13-27-22(2)8-7-17-32(27,4)5/h9-16,18-20,35H,7-8,17H2,1-6H3/b14-11+,16-13+,26-19-. The lowest BCUT2D eigenvalue weighted by atomic mass is 9.72. The van der Waals surface area contributed by atoms with E-state index in [0.717, 1.165) is 36.0 Å². The largest absolute Gasteiger partial charge is 0.504 e. The SMILES string of the molecule is COc1cc(/C=C(\C(=O)/C=C/C2=C(C)CCCC2(C)C)C(=O)/C=C/c2ccc(C)c(C)c2)ccc1O. The summed E-state index contributed by atoms with van der Waals surface area (Å²) >= 11 is 0. The first kappa shape index (κ1) is 26.9. The van der Waals surface area contributed by atoms with Crippen LogP contribution in [0.4, 0.5) is 0 Å². The quantitative estimate of drug-likeness (QED) is 0.242. The van der Waals surface area contributed by atoms with Gasteiger partial charge in [-0.15, -0.1) is 0 Å². The van der Waals surface area contributed by atoms with Crippen LogP contribution in [0.15, 0.2) is 71.3 Å². The summed E-state index contributed by atoms with van der Waals surface area (Å²) in [7, 11) is 1.46. The highest BCUT2D eigenvalue weighted by Gasteiger charge is 2.27. The minimum Gasteiger partial charge on any atom is -0.504 e. The normalized spacial score (nSPS) is 16.1. The van der Waals surface area contributed by atoms with E-state index < -0.39 is 0 Å². The van der Waals surface area contributed by atoms with Crippen molar-refractivity contribution in [3.8, 4) is 11.5 Å². The number of allylic oxidation sites excluding steroid dienone is 6. The second kappa shape index (κ2) is 11.4. The van der Waals surface area contributed by atoms with Crippen LogP contribution in [0.5, 0.6) is 11.5 Å². The molecule has 1 aliphatic carbocycles. The summed E-state index contributed by atoms with van der Waals surface area (Å²) in [5.74, 6) is -0.485. The van der Waals surface area contributed by atoms with Gasteiger partial charge in [0.25, 0.3) is 0 Å². The summed E-state index contributed by atoms with van der Waals surface area (Å²) in [4.78, 5) is 26.6. The number of phenolic OH excluding ortho intramolecular Hbond substituents is 1. The van der Waals surface area contributed by atoms with Crippen LogP contribution in [-0.4, -0.2) is 23.8 Å². The zero-order chi connectivity index (χ0) is 26.5. The van der Waals surface area contributed by atoms with Crippen LogP contribution < -0.4 is 4.74 Å². The maximum Gasteiger partial charge on any atom is 0.189 e. The number of aryl methyl sites for hydroxylation is 2. The molecule has 0 heterocycles. The lowest BCUT2D eigenvalue weighted by molar-refractivity contribution is -0.116. The van der Waals surface area contributed by atoms with Gasteiger partial charge in [0.05, 0.1) is 12.7 Å². The number of rotatable bonds is 8. The van der Waals surface area contributed by atoms with Crippen molar-refractivity contribution in [2.75, 3.05) is 7.11 Å². The van der Waals surface area contributed by atoms with Gasteiger partial charge >= 0.3 is 0 Å². The van der Waals surface area contributed by atoms with E-state index in [1.54, 1.807) is 24.3 Å². The van der Waals surface area contributed by atoms with Crippen molar-refractivity contribution in [2.45, 2.75) is 53.9 Å². The van der Waals surface area contributed by atoms with Gasteiger partial charge in [-0.05, 0) is 104 Å². The molecule has 188 valence electrons. The fraction of sp³-hybridized carbons (Fsp3) is 0.312. The molecule has 0 saturated heterocycles. The molecule has 4 nitrogen and oxygen atoms in total. The van der Waals surface area contributed by atoms with Crippen LogP contribution in [0.25, 0.3) is 12.2 Å². The minimum atomic E-state index is -0.386. The van der Waals surface area contributed by atoms with E-state index in [9.17, 15) is 14.7 Å². The van der Waals surface area contributed by atoms with E-state index in [1.165, 1.54) is 36.5 Å². The average molecular weight is 485 g/mol. The molecule has 0 spiro atoms. The smallest absolute Gasteiger partial charge is 0.189 e. The molecule has 0 radical (unpaired) electrons. The number of benzene rings is 2. The molecule has 0 atom stereocenters. The van der Waals surface area contributed by atoms with E-state index in [4.69, 9.17) is 4.74 Å². The number of phenols is 1. The second-order valence-electron chi connectivity index (χ2n) is 10.2. The number of carbonyl (C=O) groups excluding carboxylic acids is 2. The Morgan fingerprint density at radius 1 is 0.917 bits per heavy atom. The van der Waals surface area contributed by atoms with Crippen LogP contribution in [0, 0.1) is 19.3 Å². The van der Waals surface area contributed by atoms with Gasteiger partial charge in [0.15, 0.2) is 23.1 Å². The molecule has 1 aliphatic rings. The van der Waals surface area contributed by atoms with Crippen LogP contribution in [-0.2, 0) is 9.59 Å². The van der Waals surface area contributed by atoms with Crippen LogP contribution in [0.2, 0.25) is 0 Å². The number of ether oxygens (including phenoxy) is 1. The van der Waals surface area contributed by atoms with Crippen LogP contribution >= 0.6 is 0 Å². The number of aromatic hydroxyl groups is 1.